The zero-order valence-electron chi connectivity index (χ0n) is 14.7. The van der Waals surface area contributed by atoms with E-state index in [1.807, 2.05) is 12.1 Å². The van der Waals surface area contributed by atoms with Gasteiger partial charge in [0.2, 0.25) is 0 Å². The molecule has 1 saturated carbocycles. The Labute approximate surface area is 162 Å². The minimum atomic E-state index is 0. The first kappa shape index (κ1) is 21.0. The molecule has 136 valence electrons. The zero-order valence-corrected chi connectivity index (χ0v) is 17.0. The van der Waals surface area contributed by atoms with Gasteiger partial charge in [0.25, 0.3) is 0 Å². The molecule has 5 nitrogen and oxygen atoms in total. The van der Waals surface area contributed by atoms with E-state index in [2.05, 4.69) is 34.7 Å². The van der Waals surface area contributed by atoms with Gasteiger partial charge in [0.05, 0.1) is 13.2 Å². The van der Waals surface area contributed by atoms with E-state index in [1.54, 1.807) is 7.11 Å². The van der Waals surface area contributed by atoms with Crippen molar-refractivity contribution < 1.29 is 9.47 Å². The SMILES string of the molecule is CCNC(=NCc1ccc(OCCOC)cc1)NC1CCCC1.I. The van der Waals surface area contributed by atoms with Gasteiger partial charge in [-0.05, 0) is 37.5 Å². The number of methoxy groups -OCH3 is 1. The van der Waals surface area contributed by atoms with Crippen LogP contribution in [0.4, 0.5) is 0 Å². The van der Waals surface area contributed by atoms with Crippen LogP contribution in [-0.4, -0.2) is 38.9 Å². The van der Waals surface area contributed by atoms with E-state index in [1.165, 1.54) is 31.2 Å². The summed E-state index contributed by atoms with van der Waals surface area (Å²) in [6.45, 7) is 4.82. The van der Waals surface area contributed by atoms with Crippen LogP contribution in [0.15, 0.2) is 29.3 Å². The molecule has 0 heterocycles. The average Bonchev–Trinajstić information content (AvgIpc) is 3.07. The van der Waals surface area contributed by atoms with Crippen LogP contribution >= 0.6 is 24.0 Å². The molecule has 0 radical (unpaired) electrons. The lowest BCUT2D eigenvalue weighted by Crippen LogP contribution is -2.42. The van der Waals surface area contributed by atoms with Crippen molar-refractivity contribution in [3.8, 4) is 5.75 Å². The second-order valence-corrected chi connectivity index (χ2v) is 5.81. The van der Waals surface area contributed by atoms with E-state index in [0.29, 0.717) is 25.8 Å². The summed E-state index contributed by atoms with van der Waals surface area (Å²) in [4.78, 5) is 4.69. The molecular formula is C18H30IN3O2. The summed E-state index contributed by atoms with van der Waals surface area (Å²) in [6.07, 6.45) is 5.14. The number of nitrogens with zero attached hydrogens (tertiary/aromatic N) is 1. The Morgan fingerprint density at radius 1 is 1.17 bits per heavy atom. The number of halogens is 1. The minimum absolute atomic E-state index is 0. The number of rotatable bonds is 8. The Morgan fingerprint density at radius 2 is 1.88 bits per heavy atom. The van der Waals surface area contributed by atoms with Crippen molar-refractivity contribution >= 4 is 29.9 Å². The van der Waals surface area contributed by atoms with Crippen molar-refractivity contribution in [3.63, 3.8) is 0 Å². The molecule has 0 saturated heterocycles. The fourth-order valence-corrected chi connectivity index (χ4v) is 2.69. The second-order valence-electron chi connectivity index (χ2n) is 5.81. The zero-order chi connectivity index (χ0) is 16.3. The van der Waals surface area contributed by atoms with Gasteiger partial charge in [0.1, 0.15) is 12.4 Å². The first-order valence-electron chi connectivity index (χ1n) is 8.57. The van der Waals surface area contributed by atoms with Crippen LogP contribution in [0.1, 0.15) is 38.2 Å². The van der Waals surface area contributed by atoms with E-state index in [-0.39, 0.29) is 24.0 Å². The first-order chi connectivity index (χ1) is 11.3. The standard InChI is InChI=1S/C18H29N3O2.HI/c1-3-19-18(21-16-6-4-5-7-16)20-14-15-8-10-17(11-9-15)23-13-12-22-2;/h8-11,16H,3-7,12-14H2,1-2H3,(H2,19,20,21);1H. The lowest BCUT2D eigenvalue weighted by atomic mass is 10.2. The Kier molecular flexibility index (Phi) is 10.8. The van der Waals surface area contributed by atoms with Gasteiger partial charge in [0, 0.05) is 19.7 Å². The van der Waals surface area contributed by atoms with E-state index in [9.17, 15) is 0 Å². The normalized spacial score (nSPS) is 15.0. The average molecular weight is 447 g/mol. The smallest absolute Gasteiger partial charge is 0.191 e. The monoisotopic (exact) mass is 447 g/mol. The van der Waals surface area contributed by atoms with Crippen LogP contribution in [0.2, 0.25) is 0 Å². The fourth-order valence-electron chi connectivity index (χ4n) is 2.69. The molecular weight excluding hydrogens is 417 g/mol. The van der Waals surface area contributed by atoms with Gasteiger partial charge >= 0.3 is 0 Å². The summed E-state index contributed by atoms with van der Waals surface area (Å²) in [5.74, 6) is 1.78. The summed E-state index contributed by atoms with van der Waals surface area (Å²) in [5, 5.41) is 6.86. The maximum Gasteiger partial charge on any atom is 0.191 e. The lowest BCUT2D eigenvalue weighted by molar-refractivity contribution is 0.146. The molecule has 0 atom stereocenters. The molecule has 0 aliphatic heterocycles. The van der Waals surface area contributed by atoms with Crippen LogP contribution in [0.3, 0.4) is 0 Å². The molecule has 0 amide bonds. The van der Waals surface area contributed by atoms with Gasteiger partial charge in [0.15, 0.2) is 5.96 Å². The van der Waals surface area contributed by atoms with Gasteiger partial charge in [-0.25, -0.2) is 4.99 Å². The predicted octanol–water partition coefficient (Wildman–Crippen LogP) is 3.33. The molecule has 24 heavy (non-hydrogen) atoms. The van der Waals surface area contributed by atoms with Crippen LogP contribution in [-0.2, 0) is 11.3 Å². The number of benzene rings is 1. The fraction of sp³-hybridized carbons (Fsp3) is 0.611. The molecule has 6 heteroatoms. The molecule has 0 spiro atoms. The molecule has 2 rings (SSSR count). The lowest BCUT2D eigenvalue weighted by Gasteiger charge is -2.16. The summed E-state index contributed by atoms with van der Waals surface area (Å²) in [6, 6.07) is 8.66. The van der Waals surface area contributed by atoms with Crippen molar-refractivity contribution in [2.24, 2.45) is 4.99 Å². The van der Waals surface area contributed by atoms with E-state index < -0.39 is 0 Å². The highest BCUT2D eigenvalue weighted by Crippen LogP contribution is 2.17. The summed E-state index contributed by atoms with van der Waals surface area (Å²) in [7, 11) is 1.67. The maximum absolute atomic E-state index is 5.57. The number of nitrogens with one attached hydrogen (secondary N) is 2. The number of aliphatic imine (C=N–C) groups is 1. The molecule has 0 bridgehead atoms. The van der Waals surface area contributed by atoms with Crippen molar-refractivity contribution in [3.05, 3.63) is 29.8 Å². The Hall–Kier alpha value is -1.02. The molecule has 1 aromatic carbocycles. The quantitative estimate of drug-likeness (QED) is 0.278. The third-order valence-corrected chi connectivity index (χ3v) is 3.94. The van der Waals surface area contributed by atoms with Crippen molar-refractivity contribution in [1.29, 1.82) is 0 Å². The largest absolute Gasteiger partial charge is 0.491 e. The number of hydrogen-bond donors (Lipinski definition) is 2. The number of hydrogen-bond acceptors (Lipinski definition) is 3. The molecule has 0 aromatic heterocycles. The summed E-state index contributed by atoms with van der Waals surface area (Å²) >= 11 is 0. The molecule has 1 fully saturated rings. The van der Waals surface area contributed by atoms with Crippen LogP contribution in [0, 0.1) is 0 Å². The van der Waals surface area contributed by atoms with Gasteiger partial charge in [-0.15, -0.1) is 24.0 Å². The predicted molar refractivity (Wildman–Crippen MR) is 109 cm³/mol. The number of ether oxygens (including phenoxy) is 2. The van der Waals surface area contributed by atoms with Gasteiger partial charge in [-0.1, -0.05) is 25.0 Å². The maximum atomic E-state index is 5.57. The van der Waals surface area contributed by atoms with E-state index >= 15 is 0 Å². The van der Waals surface area contributed by atoms with Crippen LogP contribution in [0.25, 0.3) is 0 Å². The summed E-state index contributed by atoms with van der Waals surface area (Å²) in [5.41, 5.74) is 1.17. The van der Waals surface area contributed by atoms with Crippen LogP contribution in [0.5, 0.6) is 5.75 Å². The Morgan fingerprint density at radius 3 is 2.50 bits per heavy atom. The highest BCUT2D eigenvalue weighted by molar-refractivity contribution is 14.0. The highest BCUT2D eigenvalue weighted by Gasteiger charge is 2.15. The Bertz CT molecular complexity index is 474. The minimum Gasteiger partial charge on any atom is -0.491 e. The Balaban J connectivity index is 0.00000288. The molecule has 1 aromatic rings. The van der Waals surface area contributed by atoms with Crippen molar-refractivity contribution in [2.75, 3.05) is 26.9 Å². The molecule has 0 unspecified atom stereocenters. The van der Waals surface area contributed by atoms with Gasteiger partial charge in [-0.3, -0.25) is 0 Å². The van der Waals surface area contributed by atoms with E-state index in [4.69, 9.17) is 9.47 Å². The third-order valence-electron chi connectivity index (χ3n) is 3.94. The van der Waals surface area contributed by atoms with Crippen molar-refractivity contribution in [1.82, 2.24) is 10.6 Å². The number of guanidine groups is 1. The van der Waals surface area contributed by atoms with Gasteiger partial charge < -0.3 is 20.1 Å². The third kappa shape index (κ3) is 7.70. The molecule has 1 aliphatic rings. The molecule has 1 aliphatic carbocycles. The first-order valence-corrected chi connectivity index (χ1v) is 8.57. The topological polar surface area (TPSA) is 54.9 Å². The summed E-state index contributed by atoms with van der Waals surface area (Å²) < 4.78 is 10.5. The van der Waals surface area contributed by atoms with E-state index in [0.717, 1.165) is 18.3 Å². The van der Waals surface area contributed by atoms with Gasteiger partial charge in [-0.2, -0.15) is 0 Å². The molecule has 2 N–H and O–H groups in total. The highest BCUT2D eigenvalue weighted by atomic mass is 127. The van der Waals surface area contributed by atoms with Crippen LogP contribution < -0.4 is 15.4 Å². The second kappa shape index (κ2) is 12.4. The van der Waals surface area contributed by atoms with Crippen molar-refractivity contribution in [2.45, 2.75) is 45.2 Å².